The van der Waals surface area contributed by atoms with Crippen LogP contribution in [0.2, 0.25) is 0 Å². The first kappa shape index (κ1) is 14.4. The molecule has 1 aromatic rings. The number of carbonyl (C=O) groups excluding carboxylic acids is 2. The van der Waals surface area contributed by atoms with Crippen molar-refractivity contribution in [3.05, 3.63) is 29.8 Å². The molecular formula is C15H14O8. The number of esters is 2. The zero-order valence-electron chi connectivity index (χ0n) is 11.8. The van der Waals surface area contributed by atoms with E-state index in [0.717, 1.165) is 0 Å². The first-order chi connectivity index (χ1) is 10.9. The quantitative estimate of drug-likeness (QED) is 0.572. The van der Waals surface area contributed by atoms with Crippen molar-refractivity contribution in [1.82, 2.24) is 0 Å². The molecule has 122 valence electrons. The number of benzene rings is 1. The lowest BCUT2D eigenvalue weighted by Crippen LogP contribution is -2.60. The molecule has 3 aliphatic rings. The van der Waals surface area contributed by atoms with E-state index >= 15 is 0 Å². The molecule has 3 heterocycles. The fraction of sp³-hybridized carbons (Fsp3) is 0.467. The molecule has 3 N–H and O–H groups in total. The molecule has 0 amide bonds. The van der Waals surface area contributed by atoms with Gasteiger partial charge in [-0.25, -0.2) is 4.79 Å². The molecule has 0 unspecified atom stereocenters. The zero-order valence-corrected chi connectivity index (χ0v) is 11.8. The molecule has 8 heteroatoms. The number of rotatable bonds is 1. The van der Waals surface area contributed by atoms with Crippen LogP contribution in [0.3, 0.4) is 0 Å². The Hall–Kier alpha value is -2.16. The van der Waals surface area contributed by atoms with Gasteiger partial charge < -0.3 is 29.5 Å². The zero-order chi connectivity index (χ0) is 16.4. The summed E-state index contributed by atoms with van der Waals surface area (Å²) in [5.74, 6) is -4.72. The molecule has 3 fully saturated rings. The Bertz CT molecular complexity index is 685. The summed E-state index contributed by atoms with van der Waals surface area (Å²) in [4.78, 5) is 24.4. The van der Waals surface area contributed by atoms with Gasteiger partial charge in [0, 0.05) is 0 Å². The van der Waals surface area contributed by atoms with Crippen molar-refractivity contribution < 1.29 is 39.1 Å². The van der Waals surface area contributed by atoms with Crippen molar-refractivity contribution >= 4 is 11.9 Å². The van der Waals surface area contributed by atoms with Gasteiger partial charge in [-0.15, -0.1) is 0 Å². The summed E-state index contributed by atoms with van der Waals surface area (Å²) in [6, 6.07) is 5.86. The maximum Gasteiger partial charge on any atom is 0.357 e. The minimum Gasteiger partial charge on any atom is -0.508 e. The first-order valence-electron chi connectivity index (χ1n) is 7.15. The molecule has 0 bridgehead atoms. The van der Waals surface area contributed by atoms with Gasteiger partial charge in [0.25, 0.3) is 11.4 Å². The van der Waals surface area contributed by atoms with Crippen molar-refractivity contribution in [2.45, 2.75) is 35.9 Å². The van der Waals surface area contributed by atoms with Crippen LogP contribution in [-0.2, 0) is 23.8 Å². The molecule has 5 atom stereocenters. The number of aliphatic hydroxyl groups is 2. The number of phenolic OH excluding ortho intramolecular Hbond substituents is 1. The summed E-state index contributed by atoms with van der Waals surface area (Å²) in [6.45, 7) is -0.240. The topological polar surface area (TPSA) is 123 Å². The lowest BCUT2D eigenvalue weighted by Gasteiger charge is -2.35. The Morgan fingerprint density at radius 3 is 2.57 bits per heavy atom. The Kier molecular flexibility index (Phi) is 2.78. The van der Waals surface area contributed by atoms with E-state index in [1.807, 2.05) is 0 Å². The van der Waals surface area contributed by atoms with Crippen LogP contribution >= 0.6 is 0 Å². The lowest BCUT2D eigenvalue weighted by molar-refractivity contribution is -0.264. The number of aromatic hydroxyl groups is 1. The maximum atomic E-state index is 12.5. The highest BCUT2D eigenvalue weighted by atomic mass is 16.7. The normalized spacial score (nSPS) is 41.9. The predicted octanol–water partition coefficient (Wildman–Crippen LogP) is -0.833. The fourth-order valence-corrected chi connectivity index (χ4v) is 3.64. The molecule has 0 radical (unpaired) electrons. The molecule has 3 aliphatic heterocycles. The number of hydrogen-bond donors (Lipinski definition) is 3. The Morgan fingerprint density at radius 2 is 1.87 bits per heavy atom. The van der Waals surface area contributed by atoms with E-state index < -0.39 is 41.5 Å². The highest BCUT2D eigenvalue weighted by Gasteiger charge is 2.80. The van der Waals surface area contributed by atoms with E-state index in [9.17, 15) is 24.9 Å². The Labute approximate surface area is 130 Å². The summed E-state index contributed by atoms with van der Waals surface area (Å²) >= 11 is 0. The van der Waals surface area contributed by atoms with Crippen LogP contribution in [0.4, 0.5) is 0 Å². The minimum absolute atomic E-state index is 0.0196. The van der Waals surface area contributed by atoms with Gasteiger partial charge in [-0.05, 0) is 17.7 Å². The largest absolute Gasteiger partial charge is 0.508 e. The molecule has 0 aromatic heterocycles. The van der Waals surface area contributed by atoms with Crippen LogP contribution in [0.25, 0.3) is 0 Å². The van der Waals surface area contributed by atoms with Crippen molar-refractivity contribution in [3.8, 4) is 5.75 Å². The van der Waals surface area contributed by atoms with Crippen molar-refractivity contribution in [3.63, 3.8) is 0 Å². The summed E-state index contributed by atoms with van der Waals surface area (Å²) in [5, 5.41) is 30.1. The van der Waals surface area contributed by atoms with Crippen LogP contribution in [0.5, 0.6) is 5.75 Å². The van der Waals surface area contributed by atoms with Crippen LogP contribution < -0.4 is 0 Å². The average molecular weight is 322 g/mol. The van der Waals surface area contributed by atoms with Gasteiger partial charge in [0.05, 0.1) is 18.9 Å². The van der Waals surface area contributed by atoms with Crippen LogP contribution in [0.1, 0.15) is 17.9 Å². The van der Waals surface area contributed by atoms with Crippen molar-refractivity contribution in [2.24, 2.45) is 0 Å². The SMILES string of the molecule is O=C1C[C@H](c2ccc(O)cc2)[C@@]2(O1)C(=O)O[C@@H]1[C@@H](O)CO[C@@]12O. The summed E-state index contributed by atoms with van der Waals surface area (Å²) < 4.78 is 15.5. The highest BCUT2D eigenvalue weighted by Crippen LogP contribution is 2.56. The van der Waals surface area contributed by atoms with Crippen LogP contribution in [0.15, 0.2) is 24.3 Å². The maximum absolute atomic E-state index is 12.5. The van der Waals surface area contributed by atoms with Crippen molar-refractivity contribution in [1.29, 1.82) is 0 Å². The number of phenols is 1. The highest BCUT2D eigenvalue weighted by molar-refractivity contribution is 5.92. The van der Waals surface area contributed by atoms with E-state index in [0.29, 0.717) is 5.56 Å². The lowest BCUT2D eigenvalue weighted by atomic mass is 9.76. The van der Waals surface area contributed by atoms with Gasteiger partial charge in [0.1, 0.15) is 11.9 Å². The molecule has 0 aliphatic carbocycles. The molecular weight excluding hydrogens is 308 g/mol. The summed E-state index contributed by atoms with van der Waals surface area (Å²) in [5.41, 5.74) is -1.56. The molecule has 23 heavy (non-hydrogen) atoms. The van der Waals surface area contributed by atoms with Gasteiger partial charge in [-0.3, -0.25) is 4.79 Å². The van der Waals surface area contributed by atoms with Crippen molar-refractivity contribution in [2.75, 3.05) is 6.61 Å². The summed E-state index contributed by atoms with van der Waals surface area (Å²) in [6.07, 6.45) is -2.68. The van der Waals surface area contributed by atoms with Gasteiger partial charge in [-0.2, -0.15) is 0 Å². The monoisotopic (exact) mass is 322 g/mol. The average Bonchev–Trinajstić information content (AvgIpc) is 3.08. The Morgan fingerprint density at radius 1 is 1.17 bits per heavy atom. The predicted molar refractivity (Wildman–Crippen MR) is 71.1 cm³/mol. The van der Waals surface area contributed by atoms with E-state index in [2.05, 4.69) is 0 Å². The van der Waals surface area contributed by atoms with E-state index in [1.54, 1.807) is 0 Å². The number of ether oxygens (including phenoxy) is 3. The molecule has 4 rings (SSSR count). The first-order valence-corrected chi connectivity index (χ1v) is 7.15. The fourth-order valence-electron chi connectivity index (χ4n) is 3.64. The molecule has 8 nitrogen and oxygen atoms in total. The van der Waals surface area contributed by atoms with Crippen LogP contribution in [0, 0.1) is 0 Å². The number of aliphatic hydroxyl groups excluding tert-OH is 1. The second kappa shape index (κ2) is 4.44. The van der Waals surface area contributed by atoms with E-state index in [-0.39, 0.29) is 18.8 Å². The number of carbonyl (C=O) groups is 2. The van der Waals surface area contributed by atoms with Gasteiger partial charge >= 0.3 is 11.9 Å². The molecule has 3 saturated heterocycles. The third kappa shape index (κ3) is 1.65. The third-order valence-corrected chi connectivity index (χ3v) is 4.71. The molecule has 0 saturated carbocycles. The second-order valence-corrected chi connectivity index (χ2v) is 5.96. The minimum atomic E-state index is -2.25. The van der Waals surface area contributed by atoms with Gasteiger partial charge in [0.15, 0.2) is 6.10 Å². The summed E-state index contributed by atoms with van der Waals surface area (Å²) in [7, 11) is 0. The number of hydrogen-bond acceptors (Lipinski definition) is 8. The van der Waals surface area contributed by atoms with Crippen LogP contribution in [-0.4, -0.2) is 57.5 Å². The smallest absolute Gasteiger partial charge is 0.357 e. The standard InChI is InChI=1S/C15H14O8/c16-8-3-1-7(2-4-8)9-5-11(18)23-14(9)13(19)22-12-10(17)6-21-15(12,14)20/h1-4,9-10,12,16-17,20H,5-6H2/t9-,10+,12-,14-,15+/m1/s1. The third-order valence-electron chi connectivity index (χ3n) is 4.71. The Balaban J connectivity index is 1.85. The van der Waals surface area contributed by atoms with Gasteiger partial charge in [-0.1, -0.05) is 12.1 Å². The molecule has 1 spiro atoms. The van der Waals surface area contributed by atoms with Gasteiger partial charge in [0.2, 0.25) is 0 Å². The number of fused-ring (bicyclic) bond motifs is 2. The van der Waals surface area contributed by atoms with E-state index in [1.165, 1.54) is 24.3 Å². The van der Waals surface area contributed by atoms with E-state index in [4.69, 9.17) is 14.2 Å². The molecule has 1 aromatic carbocycles. The second-order valence-electron chi connectivity index (χ2n) is 5.96.